The lowest BCUT2D eigenvalue weighted by Gasteiger charge is -2.07. The van der Waals surface area contributed by atoms with Crippen molar-refractivity contribution in [2.75, 3.05) is 5.73 Å². The lowest BCUT2D eigenvalue weighted by molar-refractivity contribution is 0.0993. The Hall–Kier alpha value is -1.68. The highest BCUT2D eigenvalue weighted by Gasteiger charge is 2.14. The van der Waals surface area contributed by atoms with Gasteiger partial charge in [-0.2, -0.15) is 0 Å². The summed E-state index contributed by atoms with van der Waals surface area (Å²) in [6.07, 6.45) is 0.190. The quantitative estimate of drug-likeness (QED) is 0.695. The van der Waals surface area contributed by atoms with Crippen molar-refractivity contribution >= 4 is 27.4 Å². The second-order valence-electron chi connectivity index (χ2n) is 3.89. The van der Waals surface area contributed by atoms with Gasteiger partial charge in [-0.15, -0.1) is 0 Å². The van der Waals surface area contributed by atoms with E-state index in [-0.39, 0.29) is 23.5 Å². The number of hydrogen-bond acceptors (Lipinski definition) is 2. The summed E-state index contributed by atoms with van der Waals surface area (Å²) in [5.41, 5.74) is 6.56. The molecule has 0 radical (unpaired) electrons. The van der Waals surface area contributed by atoms with Gasteiger partial charge in [-0.1, -0.05) is 40.2 Å². The van der Waals surface area contributed by atoms with Gasteiger partial charge in [-0.05, 0) is 23.8 Å². The summed E-state index contributed by atoms with van der Waals surface area (Å²) in [5, 5.41) is 0. The van der Waals surface area contributed by atoms with Crippen LogP contribution in [-0.2, 0) is 6.42 Å². The zero-order valence-electron chi connectivity index (χ0n) is 9.49. The molecule has 2 aromatic rings. The first-order valence-corrected chi connectivity index (χ1v) is 6.19. The average Bonchev–Trinajstić information content (AvgIpc) is 2.35. The van der Waals surface area contributed by atoms with Gasteiger partial charge in [0.15, 0.2) is 5.78 Å². The summed E-state index contributed by atoms with van der Waals surface area (Å²) in [6, 6.07) is 11.7. The van der Waals surface area contributed by atoms with Crippen molar-refractivity contribution < 1.29 is 9.18 Å². The van der Waals surface area contributed by atoms with Crippen LogP contribution in [0.15, 0.2) is 46.9 Å². The molecule has 2 rings (SSSR count). The van der Waals surface area contributed by atoms with Gasteiger partial charge in [-0.3, -0.25) is 4.79 Å². The summed E-state index contributed by atoms with van der Waals surface area (Å²) in [5.74, 6) is -0.758. The van der Waals surface area contributed by atoms with Gasteiger partial charge in [0, 0.05) is 16.5 Å². The predicted molar refractivity (Wildman–Crippen MR) is 73.0 cm³/mol. The first kappa shape index (κ1) is 12.8. The molecule has 0 bridgehead atoms. The topological polar surface area (TPSA) is 43.1 Å². The molecule has 0 saturated carbocycles. The molecule has 0 aliphatic carbocycles. The number of benzene rings is 2. The van der Waals surface area contributed by atoms with Crippen LogP contribution in [0.4, 0.5) is 10.1 Å². The van der Waals surface area contributed by atoms with Crippen LogP contribution < -0.4 is 5.73 Å². The van der Waals surface area contributed by atoms with Gasteiger partial charge < -0.3 is 5.73 Å². The third-order valence-corrected chi connectivity index (χ3v) is 3.44. The van der Waals surface area contributed by atoms with Crippen molar-refractivity contribution in [2.24, 2.45) is 0 Å². The summed E-state index contributed by atoms with van der Waals surface area (Å²) in [4.78, 5) is 12.1. The van der Waals surface area contributed by atoms with Crippen LogP contribution in [0, 0.1) is 5.82 Å². The standard InChI is InChI=1S/C14H11BrFNO/c15-11-6-2-1-4-9(11)8-13(18)10-5-3-7-12(16)14(10)17/h1-7H,8,17H2. The number of rotatable bonds is 3. The Morgan fingerprint density at radius 2 is 1.89 bits per heavy atom. The van der Waals surface area contributed by atoms with Crippen molar-refractivity contribution in [1.29, 1.82) is 0 Å². The van der Waals surface area contributed by atoms with E-state index >= 15 is 0 Å². The number of Topliss-reactive ketones (excluding diaryl/α,β-unsaturated/α-hetero) is 1. The minimum absolute atomic E-state index is 0.0884. The maximum atomic E-state index is 13.3. The number of halogens is 2. The Balaban J connectivity index is 2.28. The molecule has 0 heterocycles. The highest BCUT2D eigenvalue weighted by atomic mass is 79.9. The minimum atomic E-state index is -0.562. The monoisotopic (exact) mass is 307 g/mol. The van der Waals surface area contributed by atoms with Crippen molar-refractivity contribution in [2.45, 2.75) is 6.42 Å². The van der Waals surface area contributed by atoms with Gasteiger partial charge in [-0.25, -0.2) is 4.39 Å². The molecule has 2 nitrogen and oxygen atoms in total. The molecule has 2 N–H and O–H groups in total. The van der Waals surface area contributed by atoms with E-state index in [1.165, 1.54) is 18.2 Å². The number of ketones is 1. The number of anilines is 1. The first-order chi connectivity index (χ1) is 8.59. The largest absolute Gasteiger partial charge is 0.396 e. The third-order valence-electron chi connectivity index (χ3n) is 2.66. The lowest BCUT2D eigenvalue weighted by Crippen LogP contribution is -2.08. The number of nitrogens with two attached hydrogens (primary N) is 1. The normalized spacial score (nSPS) is 10.3. The SMILES string of the molecule is Nc1c(F)cccc1C(=O)Cc1ccccc1Br. The van der Waals surface area contributed by atoms with Gasteiger partial charge >= 0.3 is 0 Å². The third kappa shape index (κ3) is 2.59. The molecule has 0 saturated heterocycles. The summed E-state index contributed by atoms with van der Waals surface area (Å²) in [6.45, 7) is 0. The fourth-order valence-electron chi connectivity index (χ4n) is 1.69. The molecule has 0 aliphatic heterocycles. The van der Waals surface area contributed by atoms with Crippen molar-refractivity contribution in [3.05, 3.63) is 63.9 Å². The van der Waals surface area contributed by atoms with Crippen LogP contribution in [0.2, 0.25) is 0 Å². The minimum Gasteiger partial charge on any atom is -0.396 e. The van der Waals surface area contributed by atoms with Gasteiger partial charge in [0.2, 0.25) is 0 Å². The van der Waals surface area contributed by atoms with Crippen LogP contribution in [0.25, 0.3) is 0 Å². The van der Waals surface area contributed by atoms with Crippen molar-refractivity contribution in [1.82, 2.24) is 0 Å². The van der Waals surface area contributed by atoms with Gasteiger partial charge in [0.25, 0.3) is 0 Å². The number of hydrogen-bond donors (Lipinski definition) is 1. The number of carbonyl (C=O) groups is 1. The van der Waals surface area contributed by atoms with E-state index in [1.807, 2.05) is 24.3 Å². The smallest absolute Gasteiger partial charge is 0.169 e. The van der Waals surface area contributed by atoms with Crippen LogP contribution in [0.3, 0.4) is 0 Å². The van der Waals surface area contributed by atoms with Crippen molar-refractivity contribution in [3.8, 4) is 0 Å². The fourth-order valence-corrected chi connectivity index (χ4v) is 2.12. The molecule has 4 heteroatoms. The molecule has 92 valence electrons. The molecular weight excluding hydrogens is 297 g/mol. The van der Waals surface area contributed by atoms with Crippen LogP contribution in [-0.4, -0.2) is 5.78 Å². The second kappa shape index (κ2) is 5.31. The number of para-hydroxylation sites is 1. The molecule has 18 heavy (non-hydrogen) atoms. The van der Waals surface area contributed by atoms with E-state index < -0.39 is 5.82 Å². The first-order valence-electron chi connectivity index (χ1n) is 5.40. The zero-order chi connectivity index (χ0) is 13.1. The summed E-state index contributed by atoms with van der Waals surface area (Å²) >= 11 is 3.37. The zero-order valence-corrected chi connectivity index (χ0v) is 11.1. The number of nitrogen functional groups attached to an aromatic ring is 1. The Kier molecular flexibility index (Phi) is 3.77. The maximum absolute atomic E-state index is 13.3. The molecule has 0 atom stereocenters. The molecule has 2 aromatic carbocycles. The Bertz CT molecular complexity index is 598. The van der Waals surface area contributed by atoms with E-state index in [1.54, 1.807) is 0 Å². The fraction of sp³-hybridized carbons (Fsp3) is 0.0714. The molecule has 0 amide bonds. The van der Waals surface area contributed by atoms with Gasteiger partial charge in [0.1, 0.15) is 5.82 Å². The van der Waals surface area contributed by atoms with Crippen LogP contribution in [0.5, 0.6) is 0 Å². The molecule has 0 aromatic heterocycles. The average molecular weight is 308 g/mol. The molecule has 0 unspecified atom stereocenters. The van der Waals surface area contributed by atoms with Crippen molar-refractivity contribution in [3.63, 3.8) is 0 Å². The van der Waals surface area contributed by atoms with E-state index in [2.05, 4.69) is 15.9 Å². The predicted octanol–water partition coefficient (Wildman–Crippen LogP) is 3.60. The summed E-state index contributed by atoms with van der Waals surface area (Å²) in [7, 11) is 0. The van der Waals surface area contributed by atoms with Gasteiger partial charge in [0.05, 0.1) is 5.69 Å². The van der Waals surface area contributed by atoms with E-state index in [9.17, 15) is 9.18 Å². The number of carbonyl (C=O) groups excluding carboxylic acids is 1. The van der Waals surface area contributed by atoms with Crippen LogP contribution >= 0.6 is 15.9 Å². The second-order valence-corrected chi connectivity index (χ2v) is 4.75. The molecule has 0 fully saturated rings. The molecular formula is C14H11BrFNO. The Morgan fingerprint density at radius 1 is 1.17 bits per heavy atom. The van der Waals surface area contributed by atoms with E-state index in [0.29, 0.717) is 0 Å². The van der Waals surface area contributed by atoms with Crippen LogP contribution in [0.1, 0.15) is 15.9 Å². The molecule has 0 aliphatic rings. The Labute approximate surface area is 113 Å². The Morgan fingerprint density at radius 3 is 2.61 bits per heavy atom. The van der Waals surface area contributed by atoms with E-state index in [4.69, 9.17) is 5.73 Å². The highest BCUT2D eigenvalue weighted by Crippen LogP contribution is 2.21. The highest BCUT2D eigenvalue weighted by molar-refractivity contribution is 9.10. The molecule has 0 spiro atoms. The lowest BCUT2D eigenvalue weighted by atomic mass is 10.0. The maximum Gasteiger partial charge on any atom is 0.169 e. The summed E-state index contributed by atoms with van der Waals surface area (Å²) < 4.78 is 14.1. The van der Waals surface area contributed by atoms with E-state index in [0.717, 1.165) is 10.0 Å².